The normalized spacial score (nSPS) is 15.3. The van der Waals surface area contributed by atoms with Gasteiger partial charge in [-0.05, 0) is 108 Å². The van der Waals surface area contributed by atoms with Gasteiger partial charge in [-0.15, -0.1) is 0 Å². The summed E-state index contributed by atoms with van der Waals surface area (Å²) in [6, 6.07) is 26.7. The fourth-order valence-corrected chi connectivity index (χ4v) is 10.8. The Balaban J connectivity index is 0.702. The minimum atomic E-state index is -1.92. The van der Waals surface area contributed by atoms with E-state index < -0.39 is 65.5 Å². The van der Waals surface area contributed by atoms with Crippen LogP contribution in [0.2, 0.25) is 0 Å². The Morgan fingerprint density at radius 1 is 0.819 bits per heavy atom. The molecule has 0 spiro atoms. The zero-order valence-electron chi connectivity index (χ0n) is 46.6. The summed E-state index contributed by atoms with van der Waals surface area (Å²) in [6.45, 7) is 7.50. The van der Waals surface area contributed by atoms with Crippen molar-refractivity contribution in [1.29, 1.82) is 0 Å². The average Bonchev–Trinajstić information content (AvgIpc) is 1.89. The number of rotatable bonds is 23. The summed E-state index contributed by atoms with van der Waals surface area (Å²) in [4.78, 5) is 108. The Morgan fingerprint density at radius 2 is 1.53 bits per heavy atom. The van der Waals surface area contributed by atoms with Gasteiger partial charge in [-0.3, -0.25) is 19.2 Å². The Hall–Kier alpha value is -9.31. The van der Waals surface area contributed by atoms with E-state index in [0.717, 1.165) is 38.8 Å². The van der Waals surface area contributed by atoms with Crippen LogP contribution in [0, 0.1) is 5.92 Å². The molecule has 1 aliphatic carbocycles. The average molecular weight is 1130 g/mol. The highest BCUT2D eigenvalue weighted by atomic mass is 16.6. The molecule has 0 fully saturated rings. The number of urea groups is 1. The van der Waals surface area contributed by atoms with Gasteiger partial charge in [0.2, 0.25) is 17.7 Å². The van der Waals surface area contributed by atoms with Gasteiger partial charge >= 0.3 is 24.2 Å². The first kappa shape index (κ1) is 58.3. The van der Waals surface area contributed by atoms with Crippen molar-refractivity contribution in [3.63, 3.8) is 0 Å². The van der Waals surface area contributed by atoms with Crippen LogP contribution in [0.4, 0.5) is 20.1 Å². The number of alkyl carbamates (subject to hydrolysis) is 2. The first-order valence-corrected chi connectivity index (χ1v) is 27.8. The molecule has 434 valence electrons. The van der Waals surface area contributed by atoms with E-state index >= 15 is 0 Å². The van der Waals surface area contributed by atoms with Crippen molar-refractivity contribution in [1.82, 2.24) is 36.1 Å². The number of anilines is 1. The topological polar surface area (TPSA) is 310 Å². The lowest BCUT2D eigenvalue weighted by atomic mass is 9.86. The first-order valence-electron chi connectivity index (χ1n) is 27.8. The molecule has 83 heavy (non-hydrogen) atoms. The third-order valence-electron chi connectivity index (χ3n) is 15.2. The van der Waals surface area contributed by atoms with Crippen LogP contribution >= 0.6 is 0 Å². The Morgan fingerprint density at radius 3 is 2.22 bits per heavy atom. The quantitative estimate of drug-likeness (QED) is 0.0211. The van der Waals surface area contributed by atoms with Crippen LogP contribution in [0.5, 0.6) is 5.75 Å². The molecule has 0 saturated carbocycles. The minimum Gasteiger partial charge on any atom is -0.494 e. The minimum absolute atomic E-state index is 0.0462. The lowest BCUT2D eigenvalue weighted by Gasteiger charge is -2.31. The van der Waals surface area contributed by atoms with Crippen LogP contribution < -0.4 is 47.9 Å². The van der Waals surface area contributed by atoms with E-state index in [0.29, 0.717) is 46.7 Å². The standard InChI is InChI=1S/C61H67N9O13/c1-5-38-43-27-37(22-23-48(43)67-53-44(38)30-70-50(53)28-47-46(56(70)74)33-81-57(75)61(47,79)6-2)80-26-12-25-63-51(71)29-65-59(77)82-31-35-18-20-36(21-19-35)66-54(72)49(17-11-24-64-58(62)76)68-55(73)52(34(3)4)69-60(78)83-32-45-41-15-9-7-13-39(41)40-14-8-10-16-42(40)45/h7-10,13-16,18-23,27-28,34,45,49,52,79H,5-6,11-12,17,24-26,29-33H2,1-4H3,(H,63,71)(H,65,77)(H,66,72)(H,68,73)(H,69,78)(H3,62,64,76)/t49-,52-,61-/m0/s1. The maximum Gasteiger partial charge on any atom is 0.407 e. The predicted octanol–water partition coefficient (Wildman–Crippen LogP) is 5.89. The van der Waals surface area contributed by atoms with E-state index in [1.807, 2.05) is 67.6 Å². The number of nitrogens with two attached hydrogens (primary N) is 1. The number of aliphatic hydroxyl groups is 1. The second-order valence-electron chi connectivity index (χ2n) is 20.9. The highest BCUT2D eigenvalue weighted by Crippen LogP contribution is 2.45. The number of amides is 7. The zero-order chi connectivity index (χ0) is 59.0. The molecular weight excluding hydrogens is 1070 g/mol. The summed E-state index contributed by atoms with van der Waals surface area (Å²) in [5, 5.41) is 28.0. The van der Waals surface area contributed by atoms with E-state index in [4.69, 9.17) is 29.7 Å². The molecule has 6 aromatic rings. The number of esters is 1. The van der Waals surface area contributed by atoms with Gasteiger partial charge in [0, 0.05) is 41.2 Å². The number of hydrogen-bond donors (Lipinski definition) is 8. The van der Waals surface area contributed by atoms with Crippen molar-refractivity contribution in [2.75, 3.05) is 38.2 Å². The molecule has 3 aliphatic rings. The number of cyclic esters (lactones) is 1. The molecule has 4 aromatic carbocycles. The number of fused-ring (bicyclic) bond motifs is 8. The number of carbonyl (C=O) groups is 7. The SMILES string of the molecule is CCc1c2c(nc3ccc(OCCCNC(=O)CNC(=O)OCc4ccc(NC(=O)[C@H](CCCNC(N)=O)NC(=O)[C@@H](NC(=O)OCC5c6ccccc6-c6ccccc65)C(C)C)cc4)cc13)-c1cc3c(c(=O)n1C2)COC(=O)[C@]3(O)CC. The molecule has 22 nitrogen and oxygen atoms in total. The van der Waals surface area contributed by atoms with Crippen LogP contribution in [0.3, 0.4) is 0 Å². The van der Waals surface area contributed by atoms with Gasteiger partial charge < -0.3 is 66.3 Å². The van der Waals surface area contributed by atoms with Crippen LogP contribution in [0.15, 0.2) is 102 Å². The van der Waals surface area contributed by atoms with Gasteiger partial charge in [-0.1, -0.05) is 88.4 Å². The lowest BCUT2D eigenvalue weighted by molar-refractivity contribution is -0.172. The number of nitrogens with zero attached hydrogens (tertiary/aromatic N) is 2. The molecule has 0 radical (unpaired) electrons. The fraction of sp³-hybridized carbons (Fsp3) is 0.361. The number of benzene rings is 4. The molecule has 4 heterocycles. The van der Waals surface area contributed by atoms with Gasteiger partial charge in [0.25, 0.3) is 5.56 Å². The lowest BCUT2D eigenvalue weighted by Crippen LogP contribution is -2.54. The van der Waals surface area contributed by atoms with E-state index in [1.54, 1.807) is 61.7 Å². The summed E-state index contributed by atoms with van der Waals surface area (Å²) in [5.41, 5.74) is 12.4. The van der Waals surface area contributed by atoms with Crippen LogP contribution in [-0.2, 0) is 65.2 Å². The van der Waals surface area contributed by atoms with Gasteiger partial charge in [-0.25, -0.2) is 24.2 Å². The molecule has 9 N–H and O–H groups in total. The smallest absolute Gasteiger partial charge is 0.407 e. The van der Waals surface area contributed by atoms with E-state index in [-0.39, 0.29) is 94.5 Å². The molecule has 0 bridgehead atoms. The molecule has 0 saturated heterocycles. The summed E-state index contributed by atoms with van der Waals surface area (Å²) in [5.74, 6) is -2.38. The Kier molecular flexibility index (Phi) is 18.0. The molecule has 2 aliphatic heterocycles. The Labute approximate surface area is 478 Å². The largest absolute Gasteiger partial charge is 0.494 e. The first-order chi connectivity index (χ1) is 40.0. The van der Waals surface area contributed by atoms with E-state index in [1.165, 1.54) is 0 Å². The highest BCUT2D eigenvalue weighted by molar-refractivity contribution is 5.98. The van der Waals surface area contributed by atoms with Gasteiger partial charge in [0.1, 0.15) is 37.7 Å². The van der Waals surface area contributed by atoms with Crippen molar-refractivity contribution < 1.29 is 57.6 Å². The van der Waals surface area contributed by atoms with Gasteiger partial charge in [0.15, 0.2) is 5.60 Å². The highest BCUT2D eigenvalue weighted by Gasteiger charge is 2.45. The second-order valence-corrected chi connectivity index (χ2v) is 20.9. The Bertz CT molecular complexity index is 3500. The van der Waals surface area contributed by atoms with Crippen LogP contribution in [0.1, 0.15) is 98.2 Å². The molecule has 3 atom stereocenters. The number of ether oxygens (including phenoxy) is 4. The number of hydrogen-bond acceptors (Lipinski definition) is 14. The van der Waals surface area contributed by atoms with Crippen molar-refractivity contribution in [2.24, 2.45) is 11.7 Å². The molecular formula is C61H67N9O13. The summed E-state index contributed by atoms with van der Waals surface area (Å²) in [6.07, 6.45) is -0.0826. The summed E-state index contributed by atoms with van der Waals surface area (Å²) >= 11 is 0. The van der Waals surface area contributed by atoms with E-state index in [2.05, 4.69) is 31.9 Å². The van der Waals surface area contributed by atoms with Crippen LogP contribution in [-0.4, -0.2) is 101 Å². The number of pyridine rings is 2. The zero-order valence-corrected chi connectivity index (χ0v) is 46.6. The summed E-state index contributed by atoms with van der Waals surface area (Å²) < 4.78 is 23.9. The molecule has 7 amide bonds. The maximum atomic E-state index is 13.8. The number of primary amides is 1. The fourth-order valence-electron chi connectivity index (χ4n) is 10.8. The molecule has 9 rings (SSSR count). The summed E-state index contributed by atoms with van der Waals surface area (Å²) in [7, 11) is 0. The third kappa shape index (κ3) is 12.9. The second kappa shape index (κ2) is 25.6. The van der Waals surface area contributed by atoms with Crippen molar-refractivity contribution in [3.05, 3.63) is 146 Å². The van der Waals surface area contributed by atoms with Gasteiger partial charge in [0.05, 0.1) is 42.2 Å². The molecule has 2 aromatic heterocycles. The molecule has 22 heteroatoms. The van der Waals surface area contributed by atoms with Crippen molar-refractivity contribution in [3.8, 4) is 28.3 Å². The van der Waals surface area contributed by atoms with Crippen LogP contribution in [0.25, 0.3) is 33.4 Å². The van der Waals surface area contributed by atoms with Gasteiger partial charge in [-0.2, -0.15) is 0 Å². The number of carbonyl (C=O) groups excluding carboxylic acids is 7. The number of aromatic nitrogens is 2. The third-order valence-corrected chi connectivity index (χ3v) is 15.2. The predicted molar refractivity (Wildman–Crippen MR) is 306 cm³/mol. The van der Waals surface area contributed by atoms with Crippen molar-refractivity contribution >= 4 is 58.5 Å². The monoisotopic (exact) mass is 1130 g/mol. The number of aryl methyl sites for hydroxylation is 1. The molecule has 0 unspecified atom stereocenters. The maximum absolute atomic E-state index is 13.8. The van der Waals surface area contributed by atoms with Crippen molar-refractivity contribution in [2.45, 2.75) is 103 Å². The number of nitrogens with one attached hydrogen (secondary N) is 6. The van der Waals surface area contributed by atoms with E-state index in [9.17, 15) is 43.5 Å².